The van der Waals surface area contributed by atoms with Crippen LogP contribution in [-0.2, 0) is 5.88 Å². The monoisotopic (exact) mass is 214 g/mol. The molecule has 0 radical (unpaired) electrons. The molecule has 1 rings (SSSR count). The Labute approximate surface area is 85.8 Å². The molecule has 0 saturated heterocycles. The highest BCUT2D eigenvalue weighted by molar-refractivity contribution is 6.70. The van der Waals surface area contributed by atoms with Crippen molar-refractivity contribution < 1.29 is 4.43 Å². The third-order valence-corrected chi connectivity index (χ3v) is 2.63. The molecule has 0 spiro atoms. The number of rotatable bonds is 3. The molecule has 3 heteroatoms. The fourth-order valence-corrected chi connectivity index (χ4v) is 2.05. The van der Waals surface area contributed by atoms with Crippen LogP contribution in [0.15, 0.2) is 24.3 Å². The largest absolute Gasteiger partial charge is 0.544 e. The van der Waals surface area contributed by atoms with E-state index in [1.807, 2.05) is 24.3 Å². The van der Waals surface area contributed by atoms with Crippen molar-refractivity contribution in [1.82, 2.24) is 0 Å². The molecule has 0 unspecified atom stereocenters. The molecule has 1 nitrogen and oxygen atoms in total. The van der Waals surface area contributed by atoms with Gasteiger partial charge in [0, 0.05) is 5.88 Å². The van der Waals surface area contributed by atoms with Crippen molar-refractivity contribution in [2.75, 3.05) is 0 Å². The SMILES string of the molecule is C[Si](C)(C)Oc1cccc(CCl)c1. The lowest BCUT2D eigenvalue weighted by Crippen LogP contribution is -2.29. The minimum absolute atomic E-state index is 0.545. The molecule has 0 aliphatic carbocycles. The zero-order valence-electron chi connectivity index (χ0n) is 8.30. The van der Waals surface area contributed by atoms with E-state index in [1.165, 1.54) is 0 Å². The van der Waals surface area contributed by atoms with Crippen LogP contribution in [0, 0.1) is 0 Å². The van der Waals surface area contributed by atoms with Gasteiger partial charge < -0.3 is 4.43 Å². The predicted octanol–water partition coefficient (Wildman–Crippen LogP) is 3.64. The highest BCUT2D eigenvalue weighted by Gasteiger charge is 2.15. The van der Waals surface area contributed by atoms with Crippen molar-refractivity contribution in [1.29, 1.82) is 0 Å². The zero-order chi connectivity index (χ0) is 9.90. The molecule has 0 aliphatic heterocycles. The standard InChI is InChI=1S/C10H15ClOSi/c1-13(2,3)12-10-6-4-5-9(7-10)8-11/h4-7H,8H2,1-3H3. The third kappa shape index (κ3) is 3.83. The van der Waals surface area contributed by atoms with E-state index in [0.29, 0.717) is 5.88 Å². The highest BCUT2D eigenvalue weighted by Crippen LogP contribution is 2.18. The highest BCUT2D eigenvalue weighted by atomic mass is 35.5. The van der Waals surface area contributed by atoms with Gasteiger partial charge in [-0.1, -0.05) is 12.1 Å². The van der Waals surface area contributed by atoms with Gasteiger partial charge >= 0.3 is 0 Å². The molecule has 0 atom stereocenters. The fourth-order valence-electron chi connectivity index (χ4n) is 1.05. The first-order valence-electron chi connectivity index (χ1n) is 4.35. The summed E-state index contributed by atoms with van der Waals surface area (Å²) in [6.45, 7) is 6.50. The average molecular weight is 215 g/mol. The molecule has 0 amide bonds. The summed E-state index contributed by atoms with van der Waals surface area (Å²) in [7, 11) is -1.48. The Balaban J connectivity index is 2.78. The lowest BCUT2D eigenvalue weighted by atomic mass is 10.2. The molecule has 1 aromatic carbocycles. The summed E-state index contributed by atoms with van der Waals surface area (Å²) in [5, 5.41) is 0. The minimum Gasteiger partial charge on any atom is -0.544 e. The number of halogens is 1. The normalized spacial score (nSPS) is 11.4. The van der Waals surface area contributed by atoms with E-state index in [9.17, 15) is 0 Å². The molecule has 0 N–H and O–H groups in total. The molecular weight excluding hydrogens is 200 g/mol. The predicted molar refractivity (Wildman–Crippen MR) is 60.0 cm³/mol. The molecule has 13 heavy (non-hydrogen) atoms. The second kappa shape index (κ2) is 4.16. The molecule has 0 saturated carbocycles. The van der Waals surface area contributed by atoms with E-state index < -0.39 is 8.32 Å². The molecule has 0 fully saturated rings. The second-order valence-electron chi connectivity index (χ2n) is 4.00. The first-order valence-corrected chi connectivity index (χ1v) is 8.29. The van der Waals surface area contributed by atoms with Gasteiger partial charge in [-0.25, -0.2) is 0 Å². The van der Waals surface area contributed by atoms with E-state index in [2.05, 4.69) is 19.6 Å². The van der Waals surface area contributed by atoms with Gasteiger partial charge in [0.25, 0.3) is 0 Å². The maximum Gasteiger partial charge on any atom is 0.242 e. The van der Waals surface area contributed by atoms with E-state index in [-0.39, 0.29) is 0 Å². The number of hydrogen-bond acceptors (Lipinski definition) is 1. The molecule has 0 aliphatic rings. The van der Waals surface area contributed by atoms with Gasteiger partial charge in [-0.15, -0.1) is 11.6 Å². The fraction of sp³-hybridized carbons (Fsp3) is 0.400. The molecule has 72 valence electrons. The van der Waals surface area contributed by atoms with Crippen molar-refractivity contribution in [3.63, 3.8) is 0 Å². The molecule has 1 aromatic rings. The van der Waals surface area contributed by atoms with Crippen LogP contribution >= 0.6 is 11.6 Å². The number of alkyl halides is 1. The van der Waals surface area contributed by atoms with Gasteiger partial charge in [0.1, 0.15) is 5.75 Å². The summed E-state index contributed by atoms with van der Waals surface area (Å²) in [4.78, 5) is 0. The Morgan fingerprint density at radius 1 is 1.31 bits per heavy atom. The van der Waals surface area contributed by atoms with E-state index in [0.717, 1.165) is 11.3 Å². The van der Waals surface area contributed by atoms with Crippen molar-refractivity contribution >= 4 is 19.9 Å². The van der Waals surface area contributed by atoms with E-state index in [1.54, 1.807) is 0 Å². The zero-order valence-corrected chi connectivity index (χ0v) is 10.1. The van der Waals surface area contributed by atoms with Gasteiger partial charge in [-0.05, 0) is 37.3 Å². The summed E-state index contributed by atoms with van der Waals surface area (Å²) in [5.41, 5.74) is 1.11. The Bertz CT molecular complexity index is 280. The van der Waals surface area contributed by atoms with Crippen LogP contribution in [0.4, 0.5) is 0 Å². The van der Waals surface area contributed by atoms with Gasteiger partial charge in [-0.2, -0.15) is 0 Å². The van der Waals surface area contributed by atoms with Crippen LogP contribution in [-0.4, -0.2) is 8.32 Å². The van der Waals surface area contributed by atoms with Crippen LogP contribution in [0.1, 0.15) is 5.56 Å². The number of hydrogen-bond donors (Lipinski definition) is 0. The van der Waals surface area contributed by atoms with Crippen LogP contribution in [0.3, 0.4) is 0 Å². The van der Waals surface area contributed by atoms with Crippen LogP contribution in [0.5, 0.6) is 5.75 Å². The number of benzene rings is 1. The van der Waals surface area contributed by atoms with E-state index in [4.69, 9.17) is 16.0 Å². The minimum atomic E-state index is -1.48. The van der Waals surface area contributed by atoms with Crippen LogP contribution in [0.25, 0.3) is 0 Å². The third-order valence-electron chi connectivity index (χ3n) is 1.48. The molecule has 0 heterocycles. The van der Waals surface area contributed by atoms with Gasteiger partial charge in [0.05, 0.1) is 0 Å². The van der Waals surface area contributed by atoms with Crippen LogP contribution in [0.2, 0.25) is 19.6 Å². The maximum atomic E-state index is 5.82. The van der Waals surface area contributed by atoms with Crippen molar-refractivity contribution in [3.8, 4) is 5.75 Å². The lowest BCUT2D eigenvalue weighted by Gasteiger charge is -2.19. The smallest absolute Gasteiger partial charge is 0.242 e. The quantitative estimate of drug-likeness (QED) is 0.552. The summed E-state index contributed by atoms with van der Waals surface area (Å²) in [6, 6.07) is 7.97. The van der Waals surface area contributed by atoms with Crippen molar-refractivity contribution in [3.05, 3.63) is 29.8 Å². The molecular formula is C10H15ClOSi. The average Bonchev–Trinajstić information content (AvgIpc) is 2.01. The maximum absolute atomic E-state index is 5.82. The van der Waals surface area contributed by atoms with Crippen molar-refractivity contribution in [2.24, 2.45) is 0 Å². The topological polar surface area (TPSA) is 9.23 Å². The summed E-state index contributed by atoms with van der Waals surface area (Å²) < 4.78 is 5.82. The molecule has 0 bridgehead atoms. The Morgan fingerprint density at radius 3 is 2.54 bits per heavy atom. The Morgan fingerprint density at radius 2 is 2.00 bits per heavy atom. The Kier molecular flexibility index (Phi) is 3.39. The van der Waals surface area contributed by atoms with Crippen LogP contribution < -0.4 is 4.43 Å². The van der Waals surface area contributed by atoms with Gasteiger partial charge in [-0.3, -0.25) is 0 Å². The molecule has 0 aromatic heterocycles. The first kappa shape index (κ1) is 10.6. The van der Waals surface area contributed by atoms with Gasteiger partial charge in [0.15, 0.2) is 0 Å². The van der Waals surface area contributed by atoms with Crippen molar-refractivity contribution in [2.45, 2.75) is 25.5 Å². The summed E-state index contributed by atoms with van der Waals surface area (Å²) in [6.07, 6.45) is 0. The van der Waals surface area contributed by atoms with Gasteiger partial charge in [0.2, 0.25) is 8.32 Å². The summed E-state index contributed by atoms with van der Waals surface area (Å²) in [5.74, 6) is 1.49. The Hall–Kier alpha value is -0.473. The first-order chi connectivity index (χ1) is 6.01. The lowest BCUT2D eigenvalue weighted by molar-refractivity contribution is 0.557. The van der Waals surface area contributed by atoms with E-state index >= 15 is 0 Å². The summed E-state index contributed by atoms with van der Waals surface area (Å²) >= 11 is 5.73. The second-order valence-corrected chi connectivity index (χ2v) is 8.69.